The van der Waals surface area contributed by atoms with E-state index in [0.717, 1.165) is 25.1 Å². The number of aryl methyl sites for hydroxylation is 1. The second-order valence-corrected chi connectivity index (χ2v) is 7.24. The quantitative estimate of drug-likeness (QED) is 0.912. The van der Waals surface area contributed by atoms with Gasteiger partial charge in [0.05, 0.1) is 0 Å². The normalized spacial score (nSPS) is 17.0. The Labute approximate surface area is 155 Å². The van der Waals surface area contributed by atoms with Crippen molar-refractivity contribution in [1.29, 1.82) is 0 Å². The first-order chi connectivity index (χ1) is 12.5. The van der Waals surface area contributed by atoms with E-state index in [1.54, 1.807) is 24.3 Å². The van der Waals surface area contributed by atoms with Crippen molar-refractivity contribution in [3.8, 4) is 0 Å². The van der Waals surface area contributed by atoms with Gasteiger partial charge in [-0.25, -0.2) is 0 Å². The molecule has 0 radical (unpaired) electrons. The van der Waals surface area contributed by atoms with Crippen LogP contribution in [-0.2, 0) is 6.54 Å². The fourth-order valence-corrected chi connectivity index (χ4v) is 3.31. The van der Waals surface area contributed by atoms with Crippen LogP contribution in [0.4, 0.5) is 0 Å². The monoisotopic (exact) mass is 350 g/mol. The largest absolute Gasteiger partial charge is 0.348 e. The lowest BCUT2D eigenvalue weighted by molar-refractivity contribution is 0.0682. The molecule has 4 heteroatoms. The van der Waals surface area contributed by atoms with E-state index in [-0.39, 0.29) is 11.8 Å². The van der Waals surface area contributed by atoms with E-state index < -0.39 is 0 Å². The lowest BCUT2D eigenvalue weighted by Gasteiger charge is -2.31. The van der Waals surface area contributed by atoms with Gasteiger partial charge in [0.1, 0.15) is 0 Å². The number of carbonyl (C=O) groups excluding carboxylic acids is 2. The molecule has 1 aliphatic heterocycles. The standard InChI is InChI=1S/C22H26N2O2/c1-16-5-7-18(8-6-16)14-23-21(25)19-9-11-20(12-10-19)22(26)24-13-3-4-17(2)15-24/h5-12,17H,3-4,13-15H2,1-2H3,(H,23,25). The van der Waals surface area contributed by atoms with Gasteiger partial charge in [0.2, 0.25) is 0 Å². The molecule has 0 spiro atoms. The highest BCUT2D eigenvalue weighted by Gasteiger charge is 2.22. The fourth-order valence-electron chi connectivity index (χ4n) is 3.31. The molecule has 4 nitrogen and oxygen atoms in total. The highest BCUT2D eigenvalue weighted by Crippen LogP contribution is 2.18. The van der Waals surface area contributed by atoms with E-state index in [4.69, 9.17) is 0 Å². The highest BCUT2D eigenvalue weighted by atomic mass is 16.2. The van der Waals surface area contributed by atoms with Crippen molar-refractivity contribution in [2.45, 2.75) is 33.2 Å². The van der Waals surface area contributed by atoms with Crippen LogP contribution in [0.2, 0.25) is 0 Å². The molecule has 1 fully saturated rings. The third-order valence-electron chi connectivity index (χ3n) is 4.91. The van der Waals surface area contributed by atoms with E-state index in [9.17, 15) is 9.59 Å². The summed E-state index contributed by atoms with van der Waals surface area (Å²) in [5, 5.41) is 2.92. The van der Waals surface area contributed by atoms with E-state index >= 15 is 0 Å². The van der Waals surface area contributed by atoms with E-state index in [0.29, 0.717) is 23.6 Å². The molecule has 2 aromatic rings. The SMILES string of the molecule is Cc1ccc(CNC(=O)c2ccc(C(=O)N3CCCC(C)C3)cc2)cc1. The molecule has 1 saturated heterocycles. The van der Waals surface area contributed by atoms with Crippen molar-refractivity contribution in [3.63, 3.8) is 0 Å². The molecule has 0 saturated carbocycles. The minimum Gasteiger partial charge on any atom is -0.348 e. The van der Waals surface area contributed by atoms with Crippen LogP contribution in [0, 0.1) is 12.8 Å². The Balaban J connectivity index is 1.58. The first-order valence-corrected chi connectivity index (χ1v) is 9.26. The number of nitrogens with one attached hydrogen (secondary N) is 1. The van der Waals surface area contributed by atoms with Crippen molar-refractivity contribution in [2.75, 3.05) is 13.1 Å². The zero-order valence-electron chi connectivity index (χ0n) is 15.5. The number of amides is 2. The van der Waals surface area contributed by atoms with Crippen LogP contribution < -0.4 is 5.32 Å². The van der Waals surface area contributed by atoms with Gasteiger partial charge in [-0.2, -0.15) is 0 Å². The van der Waals surface area contributed by atoms with Crippen LogP contribution in [0.25, 0.3) is 0 Å². The Hall–Kier alpha value is -2.62. The molecule has 1 unspecified atom stereocenters. The number of benzene rings is 2. The van der Waals surface area contributed by atoms with Gasteiger partial charge in [-0.1, -0.05) is 36.8 Å². The molecule has 0 bridgehead atoms. The number of hydrogen-bond donors (Lipinski definition) is 1. The number of carbonyl (C=O) groups is 2. The second kappa shape index (κ2) is 8.17. The Morgan fingerprint density at radius 3 is 2.35 bits per heavy atom. The predicted octanol–water partition coefficient (Wildman–Crippen LogP) is 3.80. The number of piperidine rings is 1. The molecule has 0 aliphatic carbocycles. The van der Waals surface area contributed by atoms with E-state index in [1.807, 2.05) is 36.1 Å². The Bertz CT molecular complexity index is 766. The van der Waals surface area contributed by atoms with Crippen molar-refractivity contribution in [2.24, 2.45) is 5.92 Å². The molecule has 2 amide bonds. The van der Waals surface area contributed by atoms with Crippen molar-refractivity contribution in [1.82, 2.24) is 10.2 Å². The summed E-state index contributed by atoms with van der Waals surface area (Å²) >= 11 is 0. The Morgan fingerprint density at radius 1 is 1.04 bits per heavy atom. The number of hydrogen-bond acceptors (Lipinski definition) is 2. The summed E-state index contributed by atoms with van der Waals surface area (Å²) in [4.78, 5) is 26.8. The Kier molecular flexibility index (Phi) is 5.71. The van der Waals surface area contributed by atoms with Gasteiger partial charge >= 0.3 is 0 Å². The third-order valence-corrected chi connectivity index (χ3v) is 4.91. The molecular weight excluding hydrogens is 324 g/mol. The molecule has 136 valence electrons. The van der Waals surface area contributed by atoms with E-state index in [1.165, 1.54) is 12.0 Å². The maximum absolute atomic E-state index is 12.6. The average molecular weight is 350 g/mol. The summed E-state index contributed by atoms with van der Waals surface area (Å²) in [5.74, 6) is 0.485. The van der Waals surface area contributed by atoms with Gasteiger partial charge < -0.3 is 10.2 Å². The molecule has 2 aromatic carbocycles. The maximum atomic E-state index is 12.6. The van der Waals surface area contributed by atoms with Crippen LogP contribution in [0.5, 0.6) is 0 Å². The lowest BCUT2D eigenvalue weighted by atomic mass is 9.99. The molecule has 1 aliphatic rings. The van der Waals surface area contributed by atoms with Gasteiger partial charge in [0.15, 0.2) is 0 Å². The minimum absolute atomic E-state index is 0.0585. The summed E-state index contributed by atoms with van der Waals surface area (Å²) in [6.07, 6.45) is 2.25. The predicted molar refractivity (Wildman–Crippen MR) is 103 cm³/mol. The van der Waals surface area contributed by atoms with Gasteiger partial charge in [0, 0.05) is 30.8 Å². The van der Waals surface area contributed by atoms with Crippen molar-refractivity contribution >= 4 is 11.8 Å². The topological polar surface area (TPSA) is 49.4 Å². The molecule has 1 N–H and O–H groups in total. The van der Waals surface area contributed by atoms with Gasteiger partial charge in [-0.05, 0) is 55.5 Å². The van der Waals surface area contributed by atoms with Gasteiger partial charge in [-0.3, -0.25) is 9.59 Å². The average Bonchev–Trinajstić information content (AvgIpc) is 2.67. The number of nitrogens with zero attached hydrogens (tertiary/aromatic N) is 1. The molecular formula is C22H26N2O2. The van der Waals surface area contributed by atoms with Crippen LogP contribution in [0.15, 0.2) is 48.5 Å². The summed E-state index contributed by atoms with van der Waals surface area (Å²) < 4.78 is 0. The zero-order valence-corrected chi connectivity index (χ0v) is 15.5. The summed E-state index contributed by atoms with van der Waals surface area (Å²) in [6.45, 7) is 6.35. The second-order valence-electron chi connectivity index (χ2n) is 7.24. The van der Waals surface area contributed by atoms with Crippen LogP contribution in [0.3, 0.4) is 0 Å². The lowest BCUT2D eigenvalue weighted by Crippen LogP contribution is -2.39. The van der Waals surface area contributed by atoms with Crippen LogP contribution >= 0.6 is 0 Å². The van der Waals surface area contributed by atoms with Crippen molar-refractivity contribution in [3.05, 3.63) is 70.8 Å². The molecule has 26 heavy (non-hydrogen) atoms. The highest BCUT2D eigenvalue weighted by molar-refractivity contribution is 5.97. The third kappa shape index (κ3) is 4.51. The summed E-state index contributed by atoms with van der Waals surface area (Å²) in [5.41, 5.74) is 3.48. The van der Waals surface area contributed by atoms with E-state index in [2.05, 4.69) is 12.2 Å². The zero-order chi connectivity index (χ0) is 18.5. The summed E-state index contributed by atoms with van der Waals surface area (Å²) in [7, 11) is 0. The molecule has 0 aromatic heterocycles. The molecule has 3 rings (SSSR count). The van der Waals surface area contributed by atoms with Gasteiger partial charge in [0.25, 0.3) is 11.8 Å². The first kappa shape index (κ1) is 18.2. The first-order valence-electron chi connectivity index (χ1n) is 9.26. The number of rotatable bonds is 4. The Morgan fingerprint density at radius 2 is 1.69 bits per heavy atom. The van der Waals surface area contributed by atoms with Crippen molar-refractivity contribution < 1.29 is 9.59 Å². The van der Waals surface area contributed by atoms with Gasteiger partial charge in [-0.15, -0.1) is 0 Å². The fraction of sp³-hybridized carbons (Fsp3) is 0.364. The molecule has 1 heterocycles. The smallest absolute Gasteiger partial charge is 0.253 e. The maximum Gasteiger partial charge on any atom is 0.253 e. The summed E-state index contributed by atoms with van der Waals surface area (Å²) in [6, 6.07) is 15.0. The number of likely N-dealkylation sites (tertiary alicyclic amines) is 1. The van der Waals surface area contributed by atoms with Crippen LogP contribution in [-0.4, -0.2) is 29.8 Å². The molecule has 1 atom stereocenters. The van der Waals surface area contributed by atoms with Crippen LogP contribution in [0.1, 0.15) is 51.6 Å². The minimum atomic E-state index is -0.129.